The Bertz CT molecular complexity index is 487. The summed E-state index contributed by atoms with van der Waals surface area (Å²) in [6.07, 6.45) is 2.86. The van der Waals surface area contributed by atoms with Gasteiger partial charge in [0.05, 0.1) is 0 Å². The van der Waals surface area contributed by atoms with Crippen molar-refractivity contribution in [3.8, 4) is 0 Å². The van der Waals surface area contributed by atoms with E-state index in [0.717, 1.165) is 38.3 Å². The Hall–Kier alpha value is -1.36. The molecule has 0 atom stereocenters. The van der Waals surface area contributed by atoms with Gasteiger partial charge < -0.3 is 9.80 Å². The maximum Gasteiger partial charge on any atom is 0.272 e. The Labute approximate surface area is 114 Å². The molecule has 104 valence electrons. The molecule has 2 aliphatic rings. The average molecular weight is 262 g/mol. The fraction of sp³-hybridized carbons (Fsp3) is 0.714. The first kappa shape index (κ1) is 12.7. The predicted molar refractivity (Wildman–Crippen MR) is 73.1 cm³/mol. The first-order valence-electron chi connectivity index (χ1n) is 7.02. The minimum absolute atomic E-state index is 0.137. The highest BCUT2D eigenvalue weighted by Gasteiger charge is 2.47. The second kappa shape index (κ2) is 4.34. The van der Waals surface area contributed by atoms with Crippen LogP contribution in [0, 0.1) is 5.41 Å². The third-order valence-corrected chi connectivity index (χ3v) is 4.31. The van der Waals surface area contributed by atoms with Crippen molar-refractivity contribution in [2.24, 2.45) is 5.41 Å². The van der Waals surface area contributed by atoms with Crippen molar-refractivity contribution in [3.05, 3.63) is 18.0 Å². The van der Waals surface area contributed by atoms with E-state index in [4.69, 9.17) is 0 Å². The molecule has 5 heteroatoms. The van der Waals surface area contributed by atoms with E-state index in [1.54, 1.807) is 6.20 Å². The van der Waals surface area contributed by atoms with E-state index < -0.39 is 0 Å². The fourth-order valence-corrected chi connectivity index (χ4v) is 3.52. The number of likely N-dealkylation sites (tertiary alicyclic amines) is 2. The number of carbonyl (C=O) groups is 1. The van der Waals surface area contributed by atoms with E-state index in [9.17, 15) is 4.79 Å². The Morgan fingerprint density at radius 2 is 2.11 bits per heavy atom. The predicted octanol–water partition coefficient (Wildman–Crippen LogP) is 1.24. The van der Waals surface area contributed by atoms with Crippen LogP contribution in [0.1, 0.15) is 36.8 Å². The summed E-state index contributed by atoms with van der Waals surface area (Å²) in [5.74, 6) is 0.137. The van der Waals surface area contributed by atoms with Crippen LogP contribution in [0.25, 0.3) is 0 Å². The topological polar surface area (TPSA) is 41.4 Å². The SMILES string of the molecule is CC(C)n1nccc1C(=O)N1CCC2(CN(C)C2)C1. The minimum Gasteiger partial charge on any atom is -0.337 e. The summed E-state index contributed by atoms with van der Waals surface area (Å²) >= 11 is 0. The van der Waals surface area contributed by atoms with Crippen LogP contribution in [0.15, 0.2) is 12.3 Å². The molecule has 0 bridgehead atoms. The van der Waals surface area contributed by atoms with Gasteiger partial charge in [0.1, 0.15) is 5.69 Å². The van der Waals surface area contributed by atoms with E-state index >= 15 is 0 Å². The number of rotatable bonds is 2. The summed E-state index contributed by atoms with van der Waals surface area (Å²) in [6, 6.07) is 2.06. The zero-order valence-corrected chi connectivity index (χ0v) is 12.0. The molecule has 3 rings (SSSR count). The number of carbonyl (C=O) groups excluding carboxylic acids is 1. The lowest BCUT2D eigenvalue weighted by Crippen LogP contribution is -2.55. The maximum atomic E-state index is 12.6. The first-order chi connectivity index (χ1) is 9.01. The lowest BCUT2D eigenvalue weighted by molar-refractivity contribution is 0.0291. The third-order valence-electron chi connectivity index (χ3n) is 4.31. The van der Waals surface area contributed by atoms with Crippen LogP contribution in [-0.2, 0) is 0 Å². The van der Waals surface area contributed by atoms with E-state index in [0.29, 0.717) is 5.41 Å². The van der Waals surface area contributed by atoms with Gasteiger partial charge in [-0.05, 0) is 33.4 Å². The number of hydrogen-bond acceptors (Lipinski definition) is 3. The fourth-order valence-electron chi connectivity index (χ4n) is 3.52. The van der Waals surface area contributed by atoms with Gasteiger partial charge in [-0.25, -0.2) is 0 Å². The molecule has 1 spiro atoms. The van der Waals surface area contributed by atoms with Crippen LogP contribution in [-0.4, -0.2) is 58.7 Å². The third kappa shape index (κ3) is 2.06. The minimum atomic E-state index is 0.137. The number of amides is 1. The van der Waals surface area contributed by atoms with Crippen LogP contribution in [0.5, 0.6) is 0 Å². The Kier molecular flexibility index (Phi) is 2.89. The molecule has 0 N–H and O–H groups in total. The van der Waals surface area contributed by atoms with Gasteiger partial charge in [-0.1, -0.05) is 0 Å². The molecular weight excluding hydrogens is 240 g/mol. The van der Waals surface area contributed by atoms with Gasteiger partial charge in [0.25, 0.3) is 5.91 Å². The molecule has 5 nitrogen and oxygen atoms in total. The summed E-state index contributed by atoms with van der Waals surface area (Å²) in [4.78, 5) is 16.9. The zero-order valence-electron chi connectivity index (χ0n) is 12.0. The summed E-state index contributed by atoms with van der Waals surface area (Å²) < 4.78 is 1.82. The lowest BCUT2D eigenvalue weighted by Gasteiger charge is -2.46. The first-order valence-corrected chi connectivity index (χ1v) is 7.02. The smallest absolute Gasteiger partial charge is 0.272 e. The summed E-state index contributed by atoms with van der Waals surface area (Å²) in [7, 11) is 2.14. The molecule has 0 aromatic carbocycles. The summed E-state index contributed by atoms with van der Waals surface area (Å²) in [5, 5.41) is 4.25. The monoisotopic (exact) mass is 262 g/mol. The van der Waals surface area contributed by atoms with E-state index in [2.05, 4.69) is 30.9 Å². The molecule has 0 radical (unpaired) electrons. The molecule has 0 unspecified atom stereocenters. The maximum absolute atomic E-state index is 12.6. The molecule has 3 heterocycles. The molecule has 0 aliphatic carbocycles. The zero-order chi connectivity index (χ0) is 13.6. The van der Waals surface area contributed by atoms with E-state index in [1.165, 1.54) is 0 Å². The van der Waals surface area contributed by atoms with Gasteiger partial charge in [-0.15, -0.1) is 0 Å². The van der Waals surface area contributed by atoms with E-state index in [1.807, 2.05) is 15.6 Å². The standard InChI is InChI=1S/C14H22N4O/c1-11(2)18-12(4-6-15-18)13(19)17-7-5-14(10-17)8-16(3)9-14/h4,6,11H,5,7-10H2,1-3H3. The highest BCUT2D eigenvalue weighted by Crippen LogP contribution is 2.38. The normalized spacial score (nSPS) is 22.2. The van der Waals surface area contributed by atoms with Crippen molar-refractivity contribution in [2.45, 2.75) is 26.3 Å². The van der Waals surface area contributed by atoms with Crippen molar-refractivity contribution in [3.63, 3.8) is 0 Å². The Morgan fingerprint density at radius 3 is 2.74 bits per heavy atom. The van der Waals surface area contributed by atoms with Gasteiger partial charge in [0.15, 0.2) is 0 Å². The number of hydrogen-bond donors (Lipinski definition) is 0. The Morgan fingerprint density at radius 1 is 1.37 bits per heavy atom. The number of nitrogens with zero attached hydrogens (tertiary/aromatic N) is 4. The molecule has 1 amide bonds. The van der Waals surface area contributed by atoms with Gasteiger partial charge >= 0.3 is 0 Å². The van der Waals surface area contributed by atoms with Crippen LogP contribution >= 0.6 is 0 Å². The molecule has 19 heavy (non-hydrogen) atoms. The van der Waals surface area contributed by atoms with Gasteiger partial charge in [0, 0.05) is 43.8 Å². The largest absolute Gasteiger partial charge is 0.337 e. The van der Waals surface area contributed by atoms with Crippen molar-refractivity contribution in [1.29, 1.82) is 0 Å². The van der Waals surface area contributed by atoms with Gasteiger partial charge in [0.2, 0.25) is 0 Å². The highest BCUT2D eigenvalue weighted by molar-refractivity contribution is 5.92. The van der Waals surface area contributed by atoms with Crippen LogP contribution in [0.2, 0.25) is 0 Å². The van der Waals surface area contributed by atoms with E-state index in [-0.39, 0.29) is 11.9 Å². The molecular formula is C14H22N4O. The lowest BCUT2D eigenvalue weighted by atomic mass is 9.79. The molecule has 2 saturated heterocycles. The average Bonchev–Trinajstić information content (AvgIpc) is 2.93. The summed E-state index contributed by atoms with van der Waals surface area (Å²) in [6.45, 7) is 8.14. The van der Waals surface area contributed by atoms with Crippen molar-refractivity contribution >= 4 is 5.91 Å². The molecule has 0 saturated carbocycles. The van der Waals surface area contributed by atoms with Crippen LogP contribution in [0.3, 0.4) is 0 Å². The van der Waals surface area contributed by atoms with Crippen molar-refractivity contribution < 1.29 is 4.79 Å². The quantitative estimate of drug-likeness (QED) is 0.805. The second-order valence-corrected chi connectivity index (χ2v) is 6.40. The van der Waals surface area contributed by atoms with Crippen molar-refractivity contribution in [1.82, 2.24) is 19.6 Å². The van der Waals surface area contributed by atoms with Gasteiger partial charge in [-0.2, -0.15) is 5.10 Å². The summed E-state index contributed by atoms with van der Waals surface area (Å²) in [5.41, 5.74) is 1.09. The van der Waals surface area contributed by atoms with Crippen molar-refractivity contribution in [2.75, 3.05) is 33.2 Å². The number of aromatic nitrogens is 2. The molecule has 1 aromatic rings. The molecule has 2 fully saturated rings. The Balaban J connectivity index is 1.73. The van der Waals surface area contributed by atoms with Crippen LogP contribution in [0.4, 0.5) is 0 Å². The highest BCUT2D eigenvalue weighted by atomic mass is 16.2. The second-order valence-electron chi connectivity index (χ2n) is 6.40. The van der Waals surface area contributed by atoms with Gasteiger partial charge in [-0.3, -0.25) is 9.48 Å². The van der Waals surface area contributed by atoms with Crippen LogP contribution < -0.4 is 0 Å². The molecule has 2 aliphatic heterocycles. The molecule has 1 aromatic heterocycles.